The quantitative estimate of drug-likeness (QED) is 0.649. The Labute approximate surface area is 166 Å². The number of nitrogens with zero attached hydrogens (tertiary/aromatic N) is 3. The molecule has 1 aromatic carbocycles. The van der Waals surface area contributed by atoms with E-state index in [1.165, 1.54) is 0 Å². The maximum absolute atomic E-state index is 13.1. The molecule has 3 rings (SSSR count). The number of carbonyl (C=O) groups excluding carboxylic acids is 1. The van der Waals surface area contributed by atoms with Crippen molar-refractivity contribution in [3.63, 3.8) is 0 Å². The van der Waals surface area contributed by atoms with E-state index in [0.717, 1.165) is 36.0 Å². The lowest BCUT2D eigenvalue weighted by atomic mass is 9.99. The minimum absolute atomic E-state index is 0.00401. The van der Waals surface area contributed by atoms with Crippen LogP contribution >= 0.6 is 0 Å². The van der Waals surface area contributed by atoms with Crippen molar-refractivity contribution in [1.82, 2.24) is 14.9 Å². The topological polar surface area (TPSA) is 72.1 Å². The molecule has 0 aliphatic rings. The molecule has 144 valence electrons. The normalized spacial score (nSPS) is 11.8. The Morgan fingerprint density at radius 2 is 1.82 bits per heavy atom. The summed E-state index contributed by atoms with van der Waals surface area (Å²) in [5.74, 6) is -0.00401. The Kier molecular flexibility index (Phi) is 6.37. The standard InChI is InChI=1S/C23H26N4O/c1-3-4-7-22(19-6-5-13-25-15-19)27(2)23(28)18-10-8-17(9-11-18)20-16-26-14-12-21(20)24/h5-6,8-16,22H,3-4,7H2,1-2H3,(H2,24,26)/t22-/m0/s1. The molecule has 0 unspecified atom stereocenters. The van der Waals surface area contributed by atoms with Gasteiger partial charge < -0.3 is 10.6 Å². The second-order valence-corrected chi connectivity index (χ2v) is 6.90. The molecule has 0 radical (unpaired) electrons. The maximum Gasteiger partial charge on any atom is 0.254 e. The van der Waals surface area contributed by atoms with Crippen LogP contribution in [0, 0.1) is 0 Å². The average Bonchev–Trinajstić information content (AvgIpc) is 2.74. The molecular weight excluding hydrogens is 348 g/mol. The van der Waals surface area contributed by atoms with Gasteiger partial charge in [0.2, 0.25) is 0 Å². The van der Waals surface area contributed by atoms with Gasteiger partial charge in [-0.15, -0.1) is 0 Å². The molecule has 3 aromatic rings. The molecule has 0 bridgehead atoms. The number of anilines is 1. The molecule has 2 N–H and O–H groups in total. The third kappa shape index (κ3) is 4.36. The molecule has 0 aliphatic carbocycles. The molecule has 2 heterocycles. The number of hydrogen-bond donors (Lipinski definition) is 1. The highest BCUT2D eigenvalue weighted by atomic mass is 16.2. The van der Waals surface area contributed by atoms with E-state index in [9.17, 15) is 4.79 Å². The van der Waals surface area contributed by atoms with E-state index in [2.05, 4.69) is 16.9 Å². The first-order valence-electron chi connectivity index (χ1n) is 9.58. The summed E-state index contributed by atoms with van der Waals surface area (Å²) in [5, 5.41) is 0. The van der Waals surface area contributed by atoms with Gasteiger partial charge in [-0.05, 0) is 41.8 Å². The predicted octanol–water partition coefficient (Wildman–Crippen LogP) is 4.73. The summed E-state index contributed by atoms with van der Waals surface area (Å²) in [5.41, 5.74) is 10.2. The fourth-order valence-corrected chi connectivity index (χ4v) is 3.34. The third-order valence-corrected chi connectivity index (χ3v) is 4.99. The molecule has 5 nitrogen and oxygen atoms in total. The Hall–Kier alpha value is -3.21. The zero-order valence-electron chi connectivity index (χ0n) is 16.4. The van der Waals surface area contributed by atoms with E-state index in [1.54, 1.807) is 24.7 Å². The van der Waals surface area contributed by atoms with E-state index in [0.29, 0.717) is 11.3 Å². The first-order chi connectivity index (χ1) is 13.6. The number of nitrogens with two attached hydrogens (primary N) is 1. The number of rotatable bonds is 7. The molecule has 2 aromatic heterocycles. The minimum Gasteiger partial charge on any atom is -0.398 e. The summed E-state index contributed by atoms with van der Waals surface area (Å²) in [6, 6.07) is 13.3. The number of pyridine rings is 2. The van der Waals surface area contributed by atoms with Crippen LogP contribution in [-0.2, 0) is 0 Å². The largest absolute Gasteiger partial charge is 0.398 e. The summed E-state index contributed by atoms with van der Waals surface area (Å²) in [7, 11) is 1.86. The summed E-state index contributed by atoms with van der Waals surface area (Å²) >= 11 is 0. The van der Waals surface area contributed by atoms with Gasteiger partial charge in [-0.3, -0.25) is 14.8 Å². The Balaban J connectivity index is 1.82. The second-order valence-electron chi connectivity index (χ2n) is 6.90. The summed E-state index contributed by atoms with van der Waals surface area (Å²) in [4.78, 5) is 23.3. The van der Waals surface area contributed by atoms with E-state index in [-0.39, 0.29) is 11.9 Å². The molecular formula is C23H26N4O. The van der Waals surface area contributed by atoms with Gasteiger partial charge in [0.15, 0.2) is 0 Å². The molecule has 1 atom stereocenters. The SMILES string of the molecule is CCCC[C@@H](c1cccnc1)N(C)C(=O)c1ccc(-c2cnccc2N)cc1. The number of unbranched alkanes of at least 4 members (excludes halogenated alkanes) is 1. The summed E-state index contributed by atoms with van der Waals surface area (Å²) in [6.07, 6.45) is 10.1. The number of aromatic nitrogens is 2. The van der Waals surface area contributed by atoms with Crippen molar-refractivity contribution in [2.75, 3.05) is 12.8 Å². The van der Waals surface area contributed by atoms with Gasteiger partial charge in [0.25, 0.3) is 5.91 Å². The van der Waals surface area contributed by atoms with Crippen molar-refractivity contribution >= 4 is 11.6 Å². The van der Waals surface area contributed by atoms with E-state index >= 15 is 0 Å². The Bertz CT molecular complexity index is 909. The smallest absolute Gasteiger partial charge is 0.254 e. The van der Waals surface area contributed by atoms with Crippen molar-refractivity contribution in [3.05, 3.63) is 78.4 Å². The number of amides is 1. The van der Waals surface area contributed by atoms with Gasteiger partial charge in [-0.25, -0.2) is 0 Å². The number of benzene rings is 1. The molecule has 0 saturated carbocycles. The van der Waals surface area contributed by atoms with Gasteiger partial charge in [0, 0.05) is 48.6 Å². The van der Waals surface area contributed by atoms with Crippen molar-refractivity contribution in [3.8, 4) is 11.1 Å². The molecule has 28 heavy (non-hydrogen) atoms. The fourth-order valence-electron chi connectivity index (χ4n) is 3.34. The van der Waals surface area contributed by atoms with Crippen molar-refractivity contribution < 1.29 is 4.79 Å². The van der Waals surface area contributed by atoms with Crippen LogP contribution in [0.2, 0.25) is 0 Å². The van der Waals surface area contributed by atoms with Crippen LogP contribution in [0.25, 0.3) is 11.1 Å². The number of hydrogen-bond acceptors (Lipinski definition) is 4. The Morgan fingerprint density at radius 3 is 2.46 bits per heavy atom. The molecule has 0 aliphatic heterocycles. The van der Waals surface area contributed by atoms with Crippen molar-refractivity contribution in [1.29, 1.82) is 0 Å². The summed E-state index contributed by atoms with van der Waals surface area (Å²) in [6.45, 7) is 2.16. The third-order valence-electron chi connectivity index (χ3n) is 4.99. The van der Waals surface area contributed by atoms with Gasteiger partial charge in [0.1, 0.15) is 0 Å². The van der Waals surface area contributed by atoms with Crippen LogP contribution < -0.4 is 5.73 Å². The molecule has 5 heteroatoms. The van der Waals surface area contributed by atoms with Crippen LogP contribution in [0.15, 0.2) is 67.3 Å². The van der Waals surface area contributed by atoms with Gasteiger partial charge >= 0.3 is 0 Å². The van der Waals surface area contributed by atoms with Crippen LogP contribution in [0.4, 0.5) is 5.69 Å². The van der Waals surface area contributed by atoms with Gasteiger partial charge in [-0.2, -0.15) is 0 Å². The van der Waals surface area contributed by atoms with E-state index in [4.69, 9.17) is 5.73 Å². The zero-order chi connectivity index (χ0) is 19.9. The van der Waals surface area contributed by atoms with Gasteiger partial charge in [0.05, 0.1) is 6.04 Å². The minimum atomic E-state index is -0.00401. The highest BCUT2D eigenvalue weighted by Crippen LogP contribution is 2.28. The highest BCUT2D eigenvalue weighted by molar-refractivity contribution is 5.95. The molecule has 1 amide bonds. The lowest BCUT2D eigenvalue weighted by molar-refractivity contribution is 0.0720. The van der Waals surface area contributed by atoms with Gasteiger partial charge in [-0.1, -0.05) is 38.0 Å². The lowest BCUT2D eigenvalue weighted by Gasteiger charge is -2.28. The molecule has 0 saturated heterocycles. The van der Waals surface area contributed by atoms with Crippen molar-refractivity contribution in [2.45, 2.75) is 32.2 Å². The predicted molar refractivity (Wildman–Crippen MR) is 113 cm³/mol. The average molecular weight is 374 g/mol. The fraction of sp³-hybridized carbons (Fsp3) is 0.261. The van der Waals surface area contributed by atoms with Crippen LogP contribution in [-0.4, -0.2) is 27.8 Å². The van der Waals surface area contributed by atoms with Crippen LogP contribution in [0.1, 0.15) is 48.1 Å². The number of nitrogen functional groups attached to an aromatic ring is 1. The first-order valence-corrected chi connectivity index (χ1v) is 9.58. The first kappa shape index (κ1) is 19.5. The van der Waals surface area contributed by atoms with Crippen LogP contribution in [0.5, 0.6) is 0 Å². The van der Waals surface area contributed by atoms with Crippen LogP contribution in [0.3, 0.4) is 0 Å². The summed E-state index contributed by atoms with van der Waals surface area (Å²) < 4.78 is 0. The second kappa shape index (κ2) is 9.13. The number of carbonyl (C=O) groups is 1. The maximum atomic E-state index is 13.1. The molecule has 0 fully saturated rings. The highest BCUT2D eigenvalue weighted by Gasteiger charge is 2.22. The Morgan fingerprint density at radius 1 is 1.07 bits per heavy atom. The zero-order valence-corrected chi connectivity index (χ0v) is 16.4. The monoisotopic (exact) mass is 374 g/mol. The van der Waals surface area contributed by atoms with Crippen molar-refractivity contribution in [2.24, 2.45) is 0 Å². The lowest BCUT2D eigenvalue weighted by Crippen LogP contribution is -2.31. The van der Waals surface area contributed by atoms with E-state index < -0.39 is 0 Å². The van der Waals surface area contributed by atoms with E-state index in [1.807, 2.05) is 54.5 Å². The molecule has 0 spiro atoms.